The first-order valence-corrected chi connectivity index (χ1v) is 6.98. The smallest absolute Gasteiger partial charge is 0.240 e. The Morgan fingerprint density at radius 3 is 2.75 bits per heavy atom. The van der Waals surface area contributed by atoms with Crippen LogP contribution in [0.3, 0.4) is 0 Å². The molecule has 1 saturated carbocycles. The van der Waals surface area contributed by atoms with Gasteiger partial charge in [0.1, 0.15) is 5.54 Å². The molecule has 1 amide bonds. The van der Waals surface area contributed by atoms with E-state index in [4.69, 9.17) is 0 Å². The molecule has 0 heterocycles. The fraction of sp³-hybridized carbons (Fsp3) is 0.500. The largest absolute Gasteiger partial charge is 0.376 e. The number of carbonyl (C=O) groups is 1. The van der Waals surface area contributed by atoms with Gasteiger partial charge in [-0.2, -0.15) is 5.26 Å². The van der Waals surface area contributed by atoms with Crippen molar-refractivity contribution in [3.8, 4) is 6.07 Å². The van der Waals surface area contributed by atoms with E-state index < -0.39 is 5.54 Å². The zero-order chi connectivity index (χ0) is 14.8. The molecule has 1 aliphatic rings. The minimum Gasteiger partial charge on any atom is -0.376 e. The van der Waals surface area contributed by atoms with Gasteiger partial charge in [-0.05, 0) is 56.7 Å². The van der Waals surface area contributed by atoms with Gasteiger partial charge in [0.15, 0.2) is 0 Å². The van der Waals surface area contributed by atoms with E-state index in [1.807, 2.05) is 32.0 Å². The van der Waals surface area contributed by atoms with Crippen molar-refractivity contribution in [2.24, 2.45) is 5.92 Å². The summed E-state index contributed by atoms with van der Waals surface area (Å²) in [4.78, 5) is 12.0. The van der Waals surface area contributed by atoms with Crippen molar-refractivity contribution >= 4 is 11.6 Å². The van der Waals surface area contributed by atoms with Crippen LogP contribution in [-0.2, 0) is 4.79 Å². The lowest BCUT2D eigenvalue weighted by Crippen LogP contribution is -2.48. The van der Waals surface area contributed by atoms with Crippen molar-refractivity contribution in [3.63, 3.8) is 0 Å². The number of nitriles is 1. The van der Waals surface area contributed by atoms with Crippen molar-refractivity contribution in [1.29, 1.82) is 5.26 Å². The fourth-order valence-corrected chi connectivity index (χ4v) is 2.33. The molecular weight excluding hydrogens is 250 g/mol. The van der Waals surface area contributed by atoms with Crippen molar-refractivity contribution in [1.82, 2.24) is 5.32 Å². The van der Waals surface area contributed by atoms with Crippen molar-refractivity contribution in [3.05, 3.63) is 29.3 Å². The van der Waals surface area contributed by atoms with E-state index in [9.17, 15) is 10.1 Å². The molecule has 1 aromatic carbocycles. The van der Waals surface area contributed by atoms with Crippen LogP contribution in [0.4, 0.5) is 5.69 Å². The minimum atomic E-state index is -0.722. The molecule has 1 aromatic rings. The minimum absolute atomic E-state index is 0.137. The average molecular weight is 271 g/mol. The standard InChI is InChI=1S/C16H21N3O/c1-11-5-4-6-14(12(11)2)18-9-15(20)19-16(3,10-17)13-7-8-13/h4-6,13,18H,7-9H2,1-3H3,(H,19,20). The highest BCUT2D eigenvalue weighted by Gasteiger charge is 2.42. The van der Waals surface area contributed by atoms with E-state index in [2.05, 4.69) is 16.7 Å². The van der Waals surface area contributed by atoms with Gasteiger partial charge in [-0.3, -0.25) is 4.79 Å². The number of hydrogen-bond acceptors (Lipinski definition) is 3. The Balaban J connectivity index is 1.92. The van der Waals surface area contributed by atoms with Gasteiger partial charge < -0.3 is 10.6 Å². The van der Waals surface area contributed by atoms with Crippen LogP contribution in [0, 0.1) is 31.1 Å². The Bertz CT molecular complexity index is 557. The van der Waals surface area contributed by atoms with Gasteiger partial charge in [0.2, 0.25) is 5.91 Å². The summed E-state index contributed by atoms with van der Waals surface area (Å²) in [7, 11) is 0. The molecule has 1 aliphatic carbocycles. The molecular formula is C16H21N3O. The summed E-state index contributed by atoms with van der Waals surface area (Å²) in [5, 5.41) is 15.2. The Hall–Kier alpha value is -2.02. The van der Waals surface area contributed by atoms with Gasteiger partial charge in [-0.15, -0.1) is 0 Å². The van der Waals surface area contributed by atoms with Gasteiger partial charge in [-0.25, -0.2) is 0 Å². The Morgan fingerprint density at radius 1 is 1.45 bits per heavy atom. The highest BCUT2D eigenvalue weighted by molar-refractivity contribution is 5.82. The van der Waals surface area contributed by atoms with Crippen LogP contribution in [0.15, 0.2) is 18.2 Å². The topological polar surface area (TPSA) is 64.9 Å². The lowest BCUT2D eigenvalue weighted by Gasteiger charge is -2.23. The summed E-state index contributed by atoms with van der Waals surface area (Å²) < 4.78 is 0. The number of amides is 1. The number of anilines is 1. The Labute approximate surface area is 120 Å². The maximum absolute atomic E-state index is 12.0. The number of benzene rings is 1. The maximum Gasteiger partial charge on any atom is 0.240 e. The van der Waals surface area contributed by atoms with Gasteiger partial charge in [-0.1, -0.05) is 12.1 Å². The summed E-state index contributed by atoms with van der Waals surface area (Å²) >= 11 is 0. The second-order valence-corrected chi connectivity index (χ2v) is 5.74. The van der Waals surface area contributed by atoms with Gasteiger partial charge in [0, 0.05) is 5.69 Å². The molecule has 20 heavy (non-hydrogen) atoms. The third kappa shape index (κ3) is 3.11. The third-order valence-corrected chi connectivity index (χ3v) is 4.07. The maximum atomic E-state index is 12.0. The molecule has 1 unspecified atom stereocenters. The molecule has 0 spiro atoms. The number of carbonyl (C=O) groups excluding carboxylic acids is 1. The number of aryl methyl sites for hydroxylation is 1. The molecule has 0 aromatic heterocycles. The average Bonchev–Trinajstić information content (AvgIpc) is 3.25. The monoisotopic (exact) mass is 271 g/mol. The zero-order valence-electron chi connectivity index (χ0n) is 12.3. The van der Waals surface area contributed by atoms with Crippen molar-refractivity contribution in [2.75, 3.05) is 11.9 Å². The summed E-state index contributed by atoms with van der Waals surface area (Å²) in [5.41, 5.74) is 2.58. The quantitative estimate of drug-likeness (QED) is 0.865. The highest BCUT2D eigenvalue weighted by atomic mass is 16.2. The van der Waals surface area contributed by atoms with Crippen LogP contribution in [0.1, 0.15) is 30.9 Å². The molecule has 4 nitrogen and oxygen atoms in total. The predicted octanol–water partition coefficient (Wildman–Crippen LogP) is 2.52. The number of hydrogen-bond donors (Lipinski definition) is 2. The molecule has 0 aliphatic heterocycles. The van der Waals surface area contributed by atoms with E-state index in [1.165, 1.54) is 5.56 Å². The molecule has 106 valence electrons. The van der Waals surface area contributed by atoms with Crippen molar-refractivity contribution in [2.45, 2.75) is 39.2 Å². The molecule has 1 fully saturated rings. The summed E-state index contributed by atoms with van der Waals surface area (Å²) in [6.45, 7) is 6.06. The van der Waals surface area contributed by atoms with E-state index in [0.29, 0.717) is 5.92 Å². The Morgan fingerprint density at radius 2 is 2.15 bits per heavy atom. The van der Waals surface area contributed by atoms with Crippen LogP contribution in [-0.4, -0.2) is 18.0 Å². The number of nitrogens with zero attached hydrogens (tertiary/aromatic N) is 1. The first kappa shape index (κ1) is 14.4. The summed E-state index contributed by atoms with van der Waals surface area (Å²) in [6, 6.07) is 8.20. The van der Waals surface area contributed by atoms with Crippen LogP contribution in [0.25, 0.3) is 0 Å². The third-order valence-electron chi connectivity index (χ3n) is 4.07. The number of nitrogens with one attached hydrogen (secondary N) is 2. The van der Waals surface area contributed by atoms with E-state index in [0.717, 1.165) is 24.1 Å². The molecule has 0 radical (unpaired) electrons. The van der Waals surface area contributed by atoms with Gasteiger partial charge in [0.25, 0.3) is 0 Å². The Kier molecular flexibility index (Phi) is 3.99. The zero-order valence-corrected chi connectivity index (χ0v) is 12.3. The fourth-order valence-electron chi connectivity index (χ4n) is 2.33. The number of rotatable bonds is 5. The molecule has 0 bridgehead atoms. The van der Waals surface area contributed by atoms with E-state index in [-0.39, 0.29) is 12.5 Å². The van der Waals surface area contributed by atoms with Crippen LogP contribution in [0.2, 0.25) is 0 Å². The SMILES string of the molecule is Cc1cccc(NCC(=O)NC(C)(C#N)C2CC2)c1C. The normalized spacial score (nSPS) is 16.9. The van der Waals surface area contributed by atoms with Crippen LogP contribution >= 0.6 is 0 Å². The van der Waals surface area contributed by atoms with E-state index in [1.54, 1.807) is 6.92 Å². The van der Waals surface area contributed by atoms with Crippen LogP contribution < -0.4 is 10.6 Å². The summed E-state index contributed by atoms with van der Waals surface area (Å²) in [5.74, 6) is 0.166. The summed E-state index contributed by atoms with van der Waals surface area (Å²) in [6.07, 6.45) is 2.05. The molecule has 4 heteroatoms. The lowest BCUT2D eigenvalue weighted by atomic mass is 9.98. The molecule has 1 atom stereocenters. The van der Waals surface area contributed by atoms with Gasteiger partial charge >= 0.3 is 0 Å². The molecule has 2 N–H and O–H groups in total. The predicted molar refractivity (Wildman–Crippen MR) is 79.3 cm³/mol. The van der Waals surface area contributed by atoms with E-state index >= 15 is 0 Å². The van der Waals surface area contributed by atoms with Gasteiger partial charge in [0.05, 0.1) is 12.6 Å². The highest BCUT2D eigenvalue weighted by Crippen LogP contribution is 2.39. The molecule has 0 saturated heterocycles. The molecule has 2 rings (SSSR count). The lowest BCUT2D eigenvalue weighted by molar-refractivity contribution is -0.120. The first-order chi connectivity index (χ1) is 9.46. The second kappa shape index (κ2) is 5.54. The second-order valence-electron chi connectivity index (χ2n) is 5.74. The van der Waals surface area contributed by atoms with Crippen LogP contribution in [0.5, 0.6) is 0 Å². The first-order valence-electron chi connectivity index (χ1n) is 6.98. The van der Waals surface area contributed by atoms with Crippen molar-refractivity contribution < 1.29 is 4.79 Å².